The lowest BCUT2D eigenvalue weighted by atomic mass is 9.99. The van der Waals surface area contributed by atoms with Gasteiger partial charge in [0.25, 0.3) is 0 Å². The highest BCUT2D eigenvalue weighted by molar-refractivity contribution is 5.78. The summed E-state index contributed by atoms with van der Waals surface area (Å²) >= 11 is 0. The third kappa shape index (κ3) is 3.16. The fourth-order valence-corrected chi connectivity index (χ4v) is 1.88. The van der Waals surface area contributed by atoms with E-state index in [-0.39, 0.29) is 0 Å². The summed E-state index contributed by atoms with van der Waals surface area (Å²) in [6.07, 6.45) is 0. The molecule has 0 radical (unpaired) electrons. The molecule has 0 fully saturated rings. The van der Waals surface area contributed by atoms with E-state index < -0.39 is 0 Å². The van der Waals surface area contributed by atoms with Crippen molar-refractivity contribution in [3.8, 4) is 11.5 Å². The molecule has 0 saturated carbocycles. The molecule has 0 spiro atoms. The van der Waals surface area contributed by atoms with E-state index in [9.17, 15) is 0 Å². The van der Waals surface area contributed by atoms with Crippen LogP contribution in [-0.4, -0.2) is 13.7 Å². The molecule has 0 bridgehead atoms. The van der Waals surface area contributed by atoms with E-state index in [1.165, 1.54) is 0 Å². The molecule has 0 heterocycles. The molecular formula is C17H18O2. The molecule has 0 aliphatic carbocycles. The average molecular weight is 254 g/mol. The quantitative estimate of drug-likeness (QED) is 0.797. The van der Waals surface area contributed by atoms with Gasteiger partial charge in [0.2, 0.25) is 0 Å². The van der Waals surface area contributed by atoms with Crippen LogP contribution >= 0.6 is 0 Å². The monoisotopic (exact) mass is 254 g/mol. The van der Waals surface area contributed by atoms with E-state index in [1.54, 1.807) is 7.11 Å². The third-order valence-electron chi connectivity index (χ3n) is 2.95. The summed E-state index contributed by atoms with van der Waals surface area (Å²) in [5.41, 5.74) is 3.17. The lowest BCUT2D eigenvalue weighted by Crippen LogP contribution is -1.92. The minimum Gasteiger partial charge on any atom is -0.497 e. The summed E-state index contributed by atoms with van der Waals surface area (Å²) in [4.78, 5) is 0. The van der Waals surface area contributed by atoms with Crippen LogP contribution < -0.4 is 9.47 Å². The Kier molecular flexibility index (Phi) is 4.24. The zero-order valence-corrected chi connectivity index (χ0v) is 11.3. The molecule has 0 saturated heterocycles. The summed E-state index contributed by atoms with van der Waals surface area (Å²) in [6.45, 7) is 6.80. The maximum atomic E-state index is 5.43. The highest BCUT2D eigenvalue weighted by Crippen LogP contribution is 2.25. The lowest BCUT2D eigenvalue weighted by Gasteiger charge is -2.09. The Balaban J connectivity index is 2.18. The molecule has 0 aliphatic rings. The molecule has 2 aromatic rings. The summed E-state index contributed by atoms with van der Waals surface area (Å²) in [5.74, 6) is 1.73. The Morgan fingerprint density at radius 2 is 1.37 bits per heavy atom. The second-order valence-corrected chi connectivity index (χ2v) is 4.16. The van der Waals surface area contributed by atoms with Crippen molar-refractivity contribution in [2.45, 2.75) is 6.92 Å². The minimum atomic E-state index is 0.679. The van der Waals surface area contributed by atoms with E-state index in [1.807, 2.05) is 55.5 Å². The first-order valence-electron chi connectivity index (χ1n) is 6.31. The van der Waals surface area contributed by atoms with Crippen LogP contribution in [0.5, 0.6) is 11.5 Å². The van der Waals surface area contributed by atoms with E-state index in [4.69, 9.17) is 9.47 Å². The molecule has 98 valence electrons. The van der Waals surface area contributed by atoms with Crippen molar-refractivity contribution < 1.29 is 9.47 Å². The molecular weight excluding hydrogens is 236 g/mol. The van der Waals surface area contributed by atoms with Crippen molar-refractivity contribution in [2.24, 2.45) is 0 Å². The van der Waals surface area contributed by atoms with E-state index in [0.29, 0.717) is 6.61 Å². The van der Waals surface area contributed by atoms with Gasteiger partial charge in [0.15, 0.2) is 0 Å². The number of hydrogen-bond acceptors (Lipinski definition) is 2. The Hall–Kier alpha value is -2.22. The average Bonchev–Trinajstić information content (AvgIpc) is 2.48. The van der Waals surface area contributed by atoms with Gasteiger partial charge < -0.3 is 9.47 Å². The van der Waals surface area contributed by atoms with Gasteiger partial charge in [-0.3, -0.25) is 0 Å². The van der Waals surface area contributed by atoms with Crippen LogP contribution in [-0.2, 0) is 0 Å². The molecule has 0 amide bonds. The smallest absolute Gasteiger partial charge is 0.119 e. The fraction of sp³-hybridized carbons (Fsp3) is 0.176. The minimum absolute atomic E-state index is 0.679. The zero-order valence-electron chi connectivity index (χ0n) is 11.3. The van der Waals surface area contributed by atoms with Gasteiger partial charge >= 0.3 is 0 Å². The first-order valence-corrected chi connectivity index (χ1v) is 6.31. The van der Waals surface area contributed by atoms with Gasteiger partial charge in [-0.1, -0.05) is 30.8 Å². The number of methoxy groups -OCH3 is 1. The Morgan fingerprint density at radius 1 is 0.895 bits per heavy atom. The third-order valence-corrected chi connectivity index (χ3v) is 2.95. The van der Waals surface area contributed by atoms with Crippen LogP contribution in [0.4, 0.5) is 0 Å². The van der Waals surface area contributed by atoms with Crippen molar-refractivity contribution in [1.29, 1.82) is 0 Å². The number of hydrogen-bond donors (Lipinski definition) is 0. The van der Waals surface area contributed by atoms with Crippen molar-refractivity contribution >= 4 is 5.57 Å². The van der Waals surface area contributed by atoms with E-state index in [2.05, 4.69) is 6.58 Å². The molecule has 0 aliphatic heterocycles. The highest BCUT2D eigenvalue weighted by atomic mass is 16.5. The Labute approximate surface area is 114 Å². The summed E-state index contributed by atoms with van der Waals surface area (Å²) in [5, 5.41) is 0. The van der Waals surface area contributed by atoms with Crippen LogP contribution in [0.2, 0.25) is 0 Å². The normalized spacial score (nSPS) is 10.0. The Bertz CT molecular complexity index is 538. The van der Waals surface area contributed by atoms with Gasteiger partial charge in [0.05, 0.1) is 13.7 Å². The largest absolute Gasteiger partial charge is 0.497 e. The van der Waals surface area contributed by atoms with E-state index in [0.717, 1.165) is 28.2 Å². The van der Waals surface area contributed by atoms with Crippen LogP contribution in [0.15, 0.2) is 55.1 Å². The molecule has 0 aromatic heterocycles. The first-order chi connectivity index (χ1) is 9.24. The summed E-state index contributed by atoms with van der Waals surface area (Å²) in [7, 11) is 1.66. The Morgan fingerprint density at radius 3 is 1.79 bits per heavy atom. The number of rotatable bonds is 5. The number of benzene rings is 2. The predicted molar refractivity (Wildman–Crippen MR) is 78.7 cm³/mol. The van der Waals surface area contributed by atoms with Crippen molar-refractivity contribution in [3.63, 3.8) is 0 Å². The molecule has 0 N–H and O–H groups in total. The van der Waals surface area contributed by atoms with Gasteiger partial charge in [-0.2, -0.15) is 0 Å². The second kappa shape index (κ2) is 6.10. The standard InChI is InChI=1S/C17H18O2/c1-4-19-17-11-7-15(8-12-17)13(2)14-5-9-16(18-3)10-6-14/h5-12H,2,4H2,1,3H3. The van der Waals surface area contributed by atoms with Crippen molar-refractivity contribution in [1.82, 2.24) is 0 Å². The molecule has 2 nitrogen and oxygen atoms in total. The van der Waals surface area contributed by atoms with Crippen LogP contribution in [0.1, 0.15) is 18.1 Å². The molecule has 2 aromatic carbocycles. The van der Waals surface area contributed by atoms with Gasteiger partial charge in [-0.25, -0.2) is 0 Å². The maximum absolute atomic E-state index is 5.43. The van der Waals surface area contributed by atoms with Gasteiger partial charge in [-0.15, -0.1) is 0 Å². The van der Waals surface area contributed by atoms with E-state index >= 15 is 0 Å². The zero-order chi connectivity index (χ0) is 13.7. The van der Waals surface area contributed by atoms with Crippen molar-refractivity contribution in [2.75, 3.05) is 13.7 Å². The first kappa shape index (κ1) is 13.2. The molecule has 2 rings (SSSR count). The number of ether oxygens (including phenoxy) is 2. The van der Waals surface area contributed by atoms with Crippen LogP contribution in [0.25, 0.3) is 5.57 Å². The van der Waals surface area contributed by atoms with Gasteiger partial charge in [0, 0.05) is 0 Å². The van der Waals surface area contributed by atoms with Gasteiger partial charge in [0.1, 0.15) is 11.5 Å². The highest BCUT2D eigenvalue weighted by Gasteiger charge is 2.03. The predicted octanol–water partition coefficient (Wildman–Crippen LogP) is 4.16. The SMILES string of the molecule is C=C(c1ccc(OC)cc1)c1ccc(OCC)cc1. The molecule has 0 unspecified atom stereocenters. The summed E-state index contributed by atoms with van der Waals surface area (Å²) < 4.78 is 10.6. The fourth-order valence-electron chi connectivity index (χ4n) is 1.88. The van der Waals surface area contributed by atoms with Crippen molar-refractivity contribution in [3.05, 3.63) is 66.2 Å². The second-order valence-electron chi connectivity index (χ2n) is 4.16. The summed E-state index contributed by atoms with van der Waals surface area (Å²) in [6, 6.07) is 15.9. The maximum Gasteiger partial charge on any atom is 0.119 e. The topological polar surface area (TPSA) is 18.5 Å². The molecule has 19 heavy (non-hydrogen) atoms. The van der Waals surface area contributed by atoms with Crippen LogP contribution in [0, 0.1) is 0 Å². The van der Waals surface area contributed by atoms with Gasteiger partial charge in [-0.05, 0) is 47.9 Å². The molecule has 2 heteroatoms. The molecule has 0 atom stereocenters. The lowest BCUT2D eigenvalue weighted by molar-refractivity contribution is 0.340. The van der Waals surface area contributed by atoms with Crippen LogP contribution in [0.3, 0.4) is 0 Å².